The second-order valence-electron chi connectivity index (χ2n) is 6.44. The summed E-state index contributed by atoms with van der Waals surface area (Å²) in [5.74, 6) is 1.75. The van der Waals surface area contributed by atoms with Gasteiger partial charge in [-0.2, -0.15) is 0 Å². The number of rotatable bonds is 4. The average Bonchev–Trinajstić information content (AvgIpc) is 3.08. The number of anilines is 2. The van der Waals surface area contributed by atoms with Crippen LogP contribution in [-0.4, -0.2) is 37.1 Å². The third-order valence-electron chi connectivity index (χ3n) is 5.11. The molecule has 2 aromatic rings. The largest absolute Gasteiger partial charge is 0.371 e. The molecule has 5 heteroatoms. The van der Waals surface area contributed by atoms with E-state index in [1.165, 1.54) is 5.69 Å². The Bertz CT molecular complexity index is 721. The quantitative estimate of drug-likeness (QED) is 0.935. The van der Waals surface area contributed by atoms with E-state index in [4.69, 9.17) is 5.73 Å². The third kappa shape index (κ3) is 2.42. The standard InChI is InChI=1S/C18H20N4O/c1-21(16-9-12(18(19)23)7-8-20-16)17-14-10-22(11-15(14)17)13-5-3-2-4-6-13/h2-9,14-15,17H,10-11H2,1H3,(H2,19,23). The topological polar surface area (TPSA) is 62.5 Å². The molecule has 0 bridgehead atoms. The first-order valence-corrected chi connectivity index (χ1v) is 7.94. The summed E-state index contributed by atoms with van der Waals surface area (Å²) in [4.78, 5) is 20.4. The highest BCUT2D eigenvalue weighted by Crippen LogP contribution is 2.50. The number of benzene rings is 1. The van der Waals surface area contributed by atoms with Crippen LogP contribution >= 0.6 is 0 Å². The lowest BCUT2D eigenvalue weighted by molar-refractivity contribution is 0.1000. The van der Waals surface area contributed by atoms with Crippen molar-refractivity contribution in [2.24, 2.45) is 17.6 Å². The van der Waals surface area contributed by atoms with Crippen molar-refractivity contribution in [2.45, 2.75) is 6.04 Å². The molecule has 1 aromatic carbocycles. The lowest BCUT2D eigenvalue weighted by atomic mass is 10.2. The van der Waals surface area contributed by atoms with Crippen molar-refractivity contribution in [3.8, 4) is 0 Å². The Labute approximate surface area is 135 Å². The van der Waals surface area contributed by atoms with Gasteiger partial charge in [-0.25, -0.2) is 4.98 Å². The zero-order valence-corrected chi connectivity index (χ0v) is 13.1. The number of hydrogen-bond acceptors (Lipinski definition) is 4. The van der Waals surface area contributed by atoms with E-state index in [1.807, 2.05) is 6.07 Å². The van der Waals surface area contributed by atoms with Crippen LogP contribution in [0.3, 0.4) is 0 Å². The molecule has 1 aliphatic carbocycles. The fraction of sp³-hybridized carbons (Fsp3) is 0.333. The van der Waals surface area contributed by atoms with Crippen LogP contribution in [0.5, 0.6) is 0 Å². The Morgan fingerprint density at radius 2 is 1.91 bits per heavy atom. The van der Waals surface area contributed by atoms with Gasteiger partial charge in [0, 0.05) is 55.5 Å². The molecule has 2 atom stereocenters. The Morgan fingerprint density at radius 1 is 1.22 bits per heavy atom. The van der Waals surface area contributed by atoms with Crippen LogP contribution in [0.2, 0.25) is 0 Å². The van der Waals surface area contributed by atoms with Crippen molar-refractivity contribution in [3.63, 3.8) is 0 Å². The Hall–Kier alpha value is -2.56. The summed E-state index contributed by atoms with van der Waals surface area (Å²) in [7, 11) is 2.06. The smallest absolute Gasteiger partial charge is 0.248 e. The van der Waals surface area contributed by atoms with Gasteiger partial charge in [0.05, 0.1) is 0 Å². The van der Waals surface area contributed by atoms with Crippen LogP contribution in [0.1, 0.15) is 10.4 Å². The van der Waals surface area contributed by atoms with Gasteiger partial charge in [0.2, 0.25) is 5.91 Å². The van der Waals surface area contributed by atoms with Gasteiger partial charge >= 0.3 is 0 Å². The predicted octanol–water partition coefficient (Wildman–Crippen LogP) is 1.75. The number of nitrogens with two attached hydrogens (primary N) is 1. The van der Waals surface area contributed by atoms with Gasteiger partial charge in [0.1, 0.15) is 5.82 Å². The normalized spacial score (nSPS) is 25.1. The Balaban J connectivity index is 1.45. The van der Waals surface area contributed by atoms with Gasteiger partial charge in [-0.05, 0) is 24.3 Å². The fourth-order valence-corrected chi connectivity index (χ4v) is 3.84. The van der Waals surface area contributed by atoms with Gasteiger partial charge in [0.15, 0.2) is 0 Å². The van der Waals surface area contributed by atoms with Crippen molar-refractivity contribution in [2.75, 3.05) is 29.9 Å². The summed E-state index contributed by atoms with van der Waals surface area (Å²) in [6.45, 7) is 2.17. The molecule has 118 valence electrons. The van der Waals surface area contributed by atoms with Crippen LogP contribution in [0.4, 0.5) is 11.5 Å². The van der Waals surface area contributed by atoms with Crippen molar-refractivity contribution in [1.82, 2.24) is 4.98 Å². The maximum Gasteiger partial charge on any atom is 0.248 e. The lowest BCUT2D eigenvalue weighted by Crippen LogP contribution is -2.33. The molecule has 5 nitrogen and oxygen atoms in total. The van der Waals surface area contributed by atoms with Crippen LogP contribution < -0.4 is 15.5 Å². The summed E-state index contributed by atoms with van der Waals surface area (Å²) >= 11 is 0. The molecule has 2 aliphatic rings. The summed E-state index contributed by atoms with van der Waals surface area (Å²) in [5, 5.41) is 0. The first kappa shape index (κ1) is 14.1. The summed E-state index contributed by atoms with van der Waals surface area (Å²) in [6.07, 6.45) is 1.65. The highest BCUT2D eigenvalue weighted by atomic mass is 16.1. The molecule has 1 aromatic heterocycles. The van der Waals surface area contributed by atoms with Crippen LogP contribution in [0.25, 0.3) is 0 Å². The average molecular weight is 308 g/mol. The SMILES string of the molecule is CN(c1cc(C(N)=O)ccn1)C1C2CN(c3ccccc3)CC21. The summed E-state index contributed by atoms with van der Waals surface area (Å²) in [6, 6.07) is 14.5. The number of hydrogen-bond donors (Lipinski definition) is 1. The first-order chi connectivity index (χ1) is 11.1. The van der Waals surface area contributed by atoms with Crippen molar-refractivity contribution in [3.05, 3.63) is 54.2 Å². The minimum atomic E-state index is -0.409. The Kier molecular flexibility index (Phi) is 3.22. The van der Waals surface area contributed by atoms with E-state index in [0.717, 1.165) is 18.9 Å². The first-order valence-electron chi connectivity index (χ1n) is 7.94. The van der Waals surface area contributed by atoms with Crippen LogP contribution in [-0.2, 0) is 0 Å². The number of nitrogens with zero attached hydrogens (tertiary/aromatic N) is 3. The molecule has 4 rings (SSSR count). The van der Waals surface area contributed by atoms with E-state index >= 15 is 0 Å². The van der Waals surface area contributed by atoms with Gasteiger partial charge in [0.25, 0.3) is 0 Å². The zero-order chi connectivity index (χ0) is 16.0. The highest BCUT2D eigenvalue weighted by molar-refractivity contribution is 5.93. The van der Waals surface area contributed by atoms with Gasteiger partial charge in [-0.3, -0.25) is 4.79 Å². The molecule has 2 fully saturated rings. The number of pyridine rings is 1. The number of carbonyl (C=O) groups excluding carboxylic acids is 1. The summed E-state index contributed by atoms with van der Waals surface area (Å²) < 4.78 is 0. The maximum atomic E-state index is 11.3. The van der Waals surface area contributed by atoms with Crippen molar-refractivity contribution in [1.29, 1.82) is 0 Å². The molecule has 2 heterocycles. The molecule has 2 unspecified atom stereocenters. The van der Waals surface area contributed by atoms with E-state index in [2.05, 4.69) is 46.1 Å². The van der Waals surface area contributed by atoms with E-state index in [-0.39, 0.29) is 0 Å². The fourth-order valence-electron chi connectivity index (χ4n) is 3.84. The number of primary amides is 1. The van der Waals surface area contributed by atoms with E-state index in [9.17, 15) is 4.79 Å². The molecular formula is C18H20N4O. The molecule has 1 saturated carbocycles. The van der Waals surface area contributed by atoms with Crippen LogP contribution in [0, 0.1) is 11.8 Å². The van der Waals surface area contributed by atoms with E-state index in [1.54, 1.807) is 18.3 Å². The lowest BCUT2D eigenvalue weighted by Gasteiger charge is -2.26. The van der Waals surface area contributed by atoms with Crippen molar-refractivity contribution >= 4 is 17.4 Å². The molecule has 1 saturated heterocycles. The molecule has 1 amide bonds. The molecule has 0 radical (unpaired) electrons. The van der Waals surface area contributed by atoms with Gasteiger partial charge in [-0.15, -0.1) is 0 Å². The minimum Gasteiger partial charge on any atom is -0.371 e. The van der Waals surface area contributed by atoms with Crippen molar-refractivity contribution < 1.29 is 4.79 Å². The maximum absolute atomic E-state index is 11.3. The van der Waals surface area contributed by atoms with E-state index in [0.29, 0.717) is 23.4 Å². The van der Waals surface area contributed by atoms with E-state index < -0.39 is 5.91 Å². The highest BCUT2D eigenvalue weighted by Gasteiger charge is 2.58. The number of aromatic nitrogens is 1. The van der Waals surface area contributed by atoms with Gasteiger partial charge < -0.3 is 15.5 Å². The second-order valence-corrected chi connectivity index (χ2v) is 6.44. The zero-order valence-electron chi connectivity index (χ0n) is 13.1. The van der Waals surface area contributed by atoms with Gasteiger partial charge in [-0.1, -0.05) is 18.2 Å². The molecule has 23 heavy (non-hydrogen) atoms. The second kappa shape index (κ2) is 5.26. The number of piperidine rings is 1. The summed E-state index contributed by atoms with van der Waals surface area (Å²) in [5.41, 5.74) is 7.17. The molecule has 0 spiro atoms. The Morgan fingerprint density at radius 3 is 2.57 bits per heavy atom. The number of para-hydroxylation sites is 1. The third-order valence-corrected chi connectivity index (χ3v) is 5.11. The number of carbonyl (C=O) groups is 1. The molecule has 2 N–H and O–H groups in total. The molecular weight excluding hydrogens is 288 g/mol. The number of amides is 1. The predicted molar refractivity (Wildman–Crippen MR) is 90.6 cm³/mol. The number of fused-ring (bicyclic) bond motifs is 1. The monoisotopic (exact) mass is 308 g/mol. The van der Waals surface area contributed by atoms with Crippen LogP contribution in [0.15, 0.2) is 48.7 Å². The molecule has 1 aliphatic heterocycles. The minimum absolute atomic E-state index is 0.409.